The van der Waals surface area contributed by atoms with Crippen LogP contribution in [0, 0.1) is 25.2 Å². The molecule has 4 rings (SSSR count). The van der Waals surface area contributed by atoms with E-state index in [1.165, 1.54) is 0 Å². The highest BCUT2D eigenvalue weighted by atomic mass is 16.5. The van der Waals surface area contributed by atoms with Crippen LogP contribution < -0.4 is 4.74 Å². The largest absolute Gasteiger partial charge is 0.497 e. The van der Waals surface area contributed by atoms with Crippen molar-refractivity contribution in [3.05, 3.63) is 53.1 Å². The molecule has 1 aromatic carbocycles. The summed E-state index contributed by atoms with van der Waals surface area (Å²) < 4.78 is 6.78. The van der Waals surface area contributed by atoms with E-state index in [0.29, 0.717) is 32.0 Å². The monoisotopic (exact) mass is 405 g/mol. The first kappa shape index (κ1) is 19.8. The summed E-state index contributed by atoms with van der Waals surface area (Å²) in [6.45, 7) is 6.00. The third kappa shape index (κ3) is 3.69. The molecule has 0 bridgehead atoms. The van der Waals surface area contributed by atoms with Crippen LogP contribution in [0.2, 0.25) is 0 Å². The van der Waals surface area contributed by atoms with Gasteiger partial charge in [0.25, 0.3) is 11.7 Å². The molecule has 1 fully saturated rings. The van der Waals surface area contributed by atoms with Crippen molar-refractivity contribution in [3.8, 4) is 11.8 Å². The summed E-state index contributed by atoms with van der Waals surface area (Å²) in [6, 6.07) is 11.4. The minimum atomic E-state index is -0.365. The van der Waals surface area contributed by atoms with E-state index in [4.69, 9.17) is 4.74 Å². The predicted molar refractivity (Wildman–Crippen MR) is 109 cm³/mol. The molecule has 1 aliphatic heterocycles. The first-order valence-corrected chi connectivity index (χ1v) is 9.78. The highest BCUT2D eigenvalue weighted by Gasteiger charge is 2.29. The summed E-state index contributed by atoms with van der Waals surface area (Å²) >= 11 is 0. The Kier molecular flexibility index (Phi) is 5.33. The Morgan fingerprint density at radius 3 is 2.47 bits per heavy atom. The second-order valence-electron chi connectivity index (χ2n) is 7.32. The number of methoxy groups -OCH3 is 1. The first-order valence-electron chi connectivity index (χ1n) is 9.78. The van der Waals surface area contributed by atoms with E-state index in [-0.39, 0.29) is 17.8 Å². The molecule has 0 saturated carbocycles. The molecule has 3 heterocycles. The molecule has 1 saturated heterocycles. The number of aryl methyl sites for hydroxylation is 2. The van der Waals surface area contributed by atoms with Crippen LogP contribution in [0.25, 0.3) is 5.78 Å². The van der Waals surface area contributed by atoms with Gasteiger partial charge in [-0.05, 0) is 37.6 Å². The summed E-state index contributed by atoms with van der Waals surface area (Å²) in [5, 5.41) is 14.0. The van der Waals surface area contributed by atoms with Gasteiger partial charge in [0.1, 0.15) is 11.8 Å². The Morgan fingerprint density at radius 1 is 1.13 bits per heavy atom. The number of benzene rings is 1. The van der Waals surface area contributed by atoms with E-state index in [9.17, 15) is 10.1 Å². The second-order valence-corrected chi connectivity index (χ2v) is 7.32. The number of fused-ring (bicyclic) bond motifs is 1. The number of nitrogens with zero attached hydrogens (tertiary/aromatic N) is 7. The van der Waals surface area contributed by atoms with Gasteiger partial charge in [-0.15, -0.1) is 5.10 Å². The van der Waals surface area contributed by atoms with Gasteiger partial charge in [0.2, 0.25) is 5.82 Å². The van der Waals surface area contributed by atoms with Gasteiger partial charge in [0, 0.05) is 37.6 Å². The summed E-state index contributed by atoms with van der Waals surface area (Å²) in [5.74, 6) is 1.12. The molecule has 9 heteroatoms. The van der Waals surface area contributed by atoms with Gasteiger partial charge in [-0.2, -0.15) is 10.2 Å². The molecule has 3 aromatic rings. The summed E-state index contributed by atoms with van der Waals surface area (Å²) in [7, 11) is 1.61. The summed E-state index contributed by atoms with van der Waals surface area (Å²) in [6.07, 6.45) is 0. The van der Waals surface area contributed by atoms with Gasteiger partial charge in [-0.25, -0.2) is 9.50 Å². The molecule has 30 heavy (non-hydrogen) atoms. The maximum atomic E-state index is 12.9. The topological polar surface area (TPSA) is 99.7 Å². The van der Waals surface area contributed by atoms with E-state index in [1.807, 2.05) is 44.2 Å². The molecular formula is C21H23N7O2. The van der Waals surface area contributed by atoms with Crippen LogP contribution in [0.15, 0.2) is 30.3 Å². The van der Waals surface area contributed by atoms with Gasteiger partial charge in [0.05, 0.1) is 13.2 Å². The standard InChI is InChI=1S/C21H23N7O2/c1-14-12-15(2)28-21(23-14)24-19(25-28)20(29)27-10-8-26(9-11-27)18(13-22)16-4-6-17(30-3)7-5-16/h4-7,12,18H,8-11H2,1-3H3. The Morgan fingerprint density at radius 2 is 1.83 bits per heavy atom. The molecule has 9 nitrogen and oxygen atoms in total. The lowest BCUT2D eigenvalue weighted by Gasteiger charge is -2.36. The normalized spacial score (nSPS) is 15.7. The van der Waals surface area contributed by atoms with Crippen LogP contribution >= 0.6 is 0 Å². The van der Waals surface area contributed by atoms with Crippen LogP contribution in [-0.4, -0.2) is 68.6 Å². The number of carbonyl (C=O) groups excluding carboxylic acids is 1. The fourth-order valence-electron chi connectivity index (χ4n) is 3.73. The molecular weight excluding hydrogens is 382 g/mol. The van der Waals surface area contributed by atoms with Crippen molar-refractivity contribution in [2.45, 2.75) is 19.9 Å². The zero-order valence-corrected chi connectivity index (χ0v) is 17.2. The molecule has 0 aliphatic carbocycles. The minimum Gasteiger partial charge on any atom is -0.497 e. The smallest absolute Gasteiger partial charge is 0.293 e. The number of amides is 1. The van der Waals surface area contributed by atoms with Crippen molar-refractivity contribution >= 4 is 11.7 Å². The van der Waals surface area contributed by atoms with Gasteiger partial charge in [-0.1, -0.05) is 12.1 Å². The molecule has 1 amide bonds. The molecule has 2 aromatic heterocycles. The fourth-order valence-corrected chi connectivity index (χ4v) is 3.73. The van der Waals surface area contributed by atoms with Crippen LogP contribution in [0.3, 0.4) is 0 Å². The van der Waals surface area contributed by atoms with Gasteiger partial charge in [-0.3, -0.25) is 9.69 Å². The van der Waals surface area contributed by atoms with Crippen molar-refractivity contribution in [1.29, 1.82) is 5.26 Å². The number of carbonyl (C=O) groups is 1. The van der Waals surface area contributed by atoms with Crippen molar-refractivity contribution in [1.82, 2.24) is 29.4 Å². The Labute approximate surface area is 174 Å². The van der Waals surface area contributed by atoms with Gasteiger partial charge >= 0.3 is 0 Å². The number of rotatable bonds is 4. The summed E-state index contributed by atoms with van der Waals surface area (Å²) in [4.78, 5) is 25.4. The van der Waals surface area contributed by atoms with Gasteiger partial charge < -0.3 is 9.64 Å². The van der Waals surface area contributed by atoms with E-state index in [2.05, 4.69) is 26.0 Å². The average Bonchev–Trinajstić information content (AvgIpc) is 3.19. The number of aromatic nitrogens is 4. The van der Waals surface area contributed by atoms with E-state index >= 15 is 0 Å². The lowest BCUT2D eigenvalue weighted by atomic mass is 10.1. The van der Waals surface area contributed by atoms with Crippen LogP contribution in [0.1, 0.15) is 33.6 Å². The molecule has 1 aliphatic rings. The number of piperazine rings is 1. The Bertz CT molecular complexity index is 1110. The molecule has 0 spiro atoms. The Hall–Kier alpha value is -3.51. The number of hydrogen-bond donors (Lipinski definition) is 0. The van der Waals surface area contributed by atoms with Crippen molar-refractivity contribution in [2.24, 2.45) is 0 Å². The zero-order valence-electron chi connectivity index (χ0n) is 17.2. The van der Waals surface area contributed by atoms with Crippen molar-refractivity contribution in [2.75, 3.05) is 33.3 Å². The second kappa shape index (κ2) is 8.08. The summed E-state index contributed by atoms with van der Waals surface area (Å²) in [5.41, 5.74) is 2.63. The molecule has 1 unspecified atom stereocenters. The third-order valence-corrected chi connectivity index (χ3v) is 5.33. The van der Waals surface area contributed by atoms with Crippen molar-refractivity contribution in [3.63, 3.8) is 0 Å². The third-order valence-electron chi connectivity index (χ3n) is 5.33. The van der Waals surface area contributed by atoms with E-state index in [0.717, 1.165) is 22.7 Å². The van der Waals surface area contributed by atoms with Crippen molar-refractivity contribution < 1.29 is 9.53 Å². The maximum absolute atomic E-state index is 12.9. The number of hydrogen-bond acceptors (Lipinski definition) is 7. The predicted octanol–water partition coefficient (Wildman–Crippen LogP) is 1.77. The highest BCUT2D eigenvalue weighted by molar-refractivity contribution is 5.91. The molecule has 0 radical (unpaired) electrons. The molecule has 1 atom stereocenters. The number of ether oxygens (including phenoxy) is 1. The number of nitriles is 1. The quantitative estimate of drug-likeness (QED) is 0.652. The molecule has 0 N–H and O–H groups in total. The first-order chi connectivity index (χ1) is 14.5. The SMILES string of the molecule is COc1ccc(C(C#N)N2CCN(C(=O)c3nc4nc(C)cc(C)n4n3)CC2)cc1. The van der Waals surface area contributed by atoms with E-state index < -0.39 is 0 Å². The maximum Gasteiger partial charge on any atom is 0.293 e. The minimum absolute atomic E-state index is 0.150. The molecule has 154 valence electrons. The van der Waals surface area contributed by atoms with E-state index in [1.54, 1.807) is 16.5 Å². The lowest BCUT2D eigenvalue weighted by molar-refractivity contribution is 0.0595. The average molecular weight is 405 g/mol. The van der Waals surface area contributed by atoms with Crippen LogP contribution in [-0.2, 0) is 0 Å². The van der Waals surface area contributed by atoms with Crippen LogP contribution in [0.5, 0.6) is 5.75 Å². The van der Waals surface area contributed by atoms with Gasteiger partial charge in [0.15, 0.2) is 0 Å². The fraction of sp³-hybridized carbons (Fsp3) is 0.381. The van der Waals surface area contributed by atoms with Crippen LogP contribution in [0.4, 0.5) is 0 Å². The Balaban J connectivity index is 1.45. The lowest BCUT2D eigenvalue weighted by Crippen LogP contribution is -2.49. The highest BCUT2D eigenvalue weighted by Crippen LogP contribution is 2.24. The zero-order chi connectivity index (χ0) is 21.3.